The number of aliphatic imine (C=N–C) groups is 1. The average Bonchev–Trinajstić information content (AvgIpc) is 2.81. The molecule has 2 N–H and O–H groups in total. The van der Waals surface area contributed by atoms with Gasteiger partial charge in [-0.1, -0.05) is 36.4 Å². The van der Waals surface area contributed by atoms with Gasteiger partial charge in [-0.05, 0) is 60.2 Å². The number of ether oxygens (including phenoxy) is 1. The summed E-state index contributed by atoms with van der Waals surface area (Å²) in [5, 5.41) is 16.6. The second-order valence-electron chi connectivity index (χ2n) is 6.69. The number of aromatic nitrogens is 1. The van der Waals surface area contributed by atoms with Crippen LogP contribution in [0.3, 0.4) is 0 Å². The van der Waals surface area contributed by atoms with Crippen LogP contribution in [0.5, 0.6) is 11.5 Å². The van der Waals surface area contributed by atoms with Gasteiger partial charge in [-0.3, -0.25) is 10.4 Å². The number of aromatic hydroxyl groups is 1. The standard InChI is InChI=1S/C25H22N4O2/c1-2-31-20-13-11-19(12-14-20)28-25(23-9-5-6-16-26-23)29-27-17-22-21-8-4-3-7-18(21)10-15-24(22)30/h3-17,30H,2H2,1H3,(H,28,29). The highest BCUT2D eigenvalue weighted by Gasteiger charge is 2.07. The molecule has 4 rings (SSSR count). The maximum Gasteiger partial charge on any atom is 0.172 e. The van der Waals surface area contributed by atoms with Crippen LogP contribution in [-0.2, 0) is 0 Å². The fraction of sp³-hybridized carbons (Fsp3) is 0.0800. The van der Waals surface area contributed by atoms with Gasteiger partial charge in [0.25, 0.3) is 0 Å². The number of pyridine rings is 1. The zero-order chi connectivity index (χ0) is 21.5. The Morgan fingerprint density at radius 3 is 2.58 bits per heavy atom. The van der Waals surface area contributed by atoms with Crippen molar-refractivity contribution in [1.29, 1.82) is 0 Å². The van der Waals surface area contributed by atoms with E-state index >= 15 is 0 Å². The molecular formula is C25H22N4O2. The highest BCUT2D eigenvalue weighted by molar-refractivity contribution is 6.03. The van der Waals surface area contributed by atoms with Crippen molar-refractivity contribution in [3.63, 3.8) is 0 Å². The van der Waals surface area contributed by atoms with E-state index in [-0.39, 0.29) is 5.75 Å². The number of phenolic OH excluding ortho intramolecular Hbond substituents is 1. The highest BCUT2D eigenvalue weighted by atomic mass is 16.5. The molecule has 0 aliphatic rings. The van der Waals surface area contributed by atoms with Crippen molar-refractivity contribution in [3.05, 3.63) is 96.3 Å². The monoisotopic (exact) mass is 410 g/mol. The van der Waals surface area contributed by atoms with Gasteiger partial charge >= 0.3 is 0 Å². The molecule has 0 unspecified atom stereocenters. The van der Waals surface area contributed by atoms with Gasteiger partial charge in [0.2, 0.25) is 0 Å². The van der Waals surface area contributed by atoms with E-state index in [1.54, 1.807) is 18.5 Å². The van der Waals surface area contributed by atoms with Crippen molar-refractivity contribution in [3.8, 4) is 11.5 Å². The van der Waals surface area contributed by atoms with E-state index in [9.17, 15) is 5.11 Å². The first-order chi connectivity index (χ1) is 15.2. The number of nitrogens with zero attached hydrogens (tertiary/aromatic N) is 3. The van der Waals surface area contributed by atoms with Crippen LogP contribution in [0.1, 0.15) is 18.2 Å². The summed E-state index contributed by atoms with van der Waals surface area (Å²) in [4.78, 5) is 9.03. The van der Waals surface area contributed by atoms with Gasteiger partial charge in [0.15, 0.2) is 5.84 Å². The molecule has 3 aromatic carbocycles. The lowest BCUT2D eigenvalue weighted by Gasteiger charge is -2.07. The molecule has 0 saturated heterocycles. The minimum atomic E-state index is 0.159. The smallest absolute Gasteiger partial charge is 0.172 e. The minimum absolute atomic E-state index is 0.159. The Balaban J connectivity index is 1.64. The number of amidine groups is 1. The third-order valence-corrected chi connectivity index (χ3v) is 4.61. The number of hydrogen-bond acceptors (Lipinski definition) is 5. The third kappa shape index (κ3) is 4.87. The van der Waals surface area contributed by atoms with Crippen LogP contribution < -0.4 is 10.2 Å². The Bertz CT molecular complexity index is 1220. The second kappa shape index (κ2) is 9.54. The number of fused-ring (bicyclic) bond motifs is 1. The Hall–Kier alpha value is -4.19. The molecule has 0 aliphatic heterocycles. The summed E-state index contributed by atoms with van der Waals surface area (Å²) < 4.78 is 5.49. The van der Waals surface area contributed by atoms with Gasteiger partial charge in [-0.25, -0.2) is 4.99 Å². The van der Waals surface area contributed by atoms with E-state index in [0.717, 1.165) is 22.2 Å². The van der Waals surface area contributed by atoms with Crippen LogP contribution in [0.4, 0.5) is 5.69 Å². The summed E-state index contributed by atoms with van der Waals surface area (Å²) in [6.07, 6.45) is 3.29. The normalized spacial score (nSPS) is 11.7. The maximum atomic E-state index is 10.3. The number of benzene rings is 3. The molecule has 0 bridgehead atoms. The quantitative estimate of drug-likeness (QED) is 0.265. The van der Waals surface area contributed by atoms with E-state index in [2.05, 4.69) is 20.5 Å². The molecule has 0 radical (unpaired) electrons. The predicted octanol–water partition coefficient (Wildman–Crippen LogP) is 5.04. The fourth-order valence-electron chi connectivity index (χ4n) is 3.13. The average molecular weight is 410 g/mol. The molecule has 0 saturated carbocycles. The molecule has 0 amide bonds. The summed E-state index contributed by atoms with van der Waals surface area (Å²) >= 11 is 0. The Morgan fingerprint density at radius 1 is 1.00 bits per heavy atom. The predicted molar refractivity (Wildman–Crippen MR) is 124 cm³/mol. The van der Waals surface area contributed by atoms with Gasteiger partial charge in [-0.2, -0.15) is 5.10 Å². The van der Waals surface area contributed by atoms with E-state index in [0.29, 0.717) is 23.7 Å². The van der Waals surface area contributed by atoms with Crippen molar-refractivity contribution in [1.82, 2.24) is 10.4 Å². The minimum Gasteiger partial charge on any atom is -0.507 e. The number of hydrogen-bond donors (Lipinski definition) is 2. The van der Waals surface area contributed by atoms with E-state index in [4.69, 9.17) is 4.74 Å². The molecular weight excluding hydrogens is 388 g/mol. The number of phenols is 1. The second-order valence-corrected chi connectivity index (χ2v) is 6.69. The molecule has 1 heterocycles. The van der Waals surface area contributed by atoms with Crippen LogP contribution >= 0.6 is 0 Å². The number of hydrazone groups is 1. The van der Waals surface area contributed by atoms with Crippen LogP contribution in [0, 0.1) is 0 Å². The van der Waals surface area contributed by atoms with E-state index in [1.807, 2.05) is 79.7 Å². The Kier molecular flexibility index (Phi) is 6.18. The maximum absolute atomic E-state index is 10.3. The number of rotatable bonds is 6. The van der Waals surface area contributed by atoms with Crippen LogP contribution in [0.15, 0.2) is 95.2 Å². The zero-order valence-electron chi connectivity index (χ0n) is 17.1. The van der Waals surface area contributed by atoms with Crippen molar-refractivity contribution in [2.24, 2.45) is 10.1 Å². The lowest BCUT2D eigenvalue weighted by atomic mass is 10.0. The summed E-state index contributed by atoms with van der Waals surface area (Å²) in [5.41, 5.74) is 5.00. The molecule has 4 aromatic rings. The molecule has 6 heteroatoms. The molecule has 0 fully saturated rings. The molecule has 0 spiro atoms. The summed E-state index contributed by atoms with van der Waals surface area (Å²) in [5.74, 6) is 1.44. The molecule has 0 aliphatic carbocycles. The summed E-state index contributed by atoms with van der Waals surface area (Å²) in [6.45, 7) is 2.56. The highest BCUT2D eigenvalue weighted by Crippen LogP contribution is 2.25. The lowest BCUT2D eigenvalue weighted by Crippen LogP contribution is -2.20. The first-order valence-corrected chi connectivity index (χ1v) is 9.97. The Labute approximate surface area is 180 Å². The van der Waals surface area contributed by atoms with E-state index in [1.165, 1.54) is 0 Å². The summed E-state index contributed by atoms with van der Waals surface area (Å²) in [6, 6.07) is 24.4. The zero-order valence-corrected chi connectivity index (χ0v) is 17.1. The first-order valence-electron chi connectivity index (χ1n) is 9.97. The van der Waals surface area contributed by atoms with Crippen LogP contribution in [-0.4, -0.2) is 28.7 Å². The van der Waals surface area contributed by atoms with E-state index < -0.39 is 0 Å². The van der Waals surface area contributed by atoms with Crippen molar-refractivity contribution >= 4 is 28.5 Å². The van der Waals surface area contributed by atoms with Gasteiger partial charge in [0.05, 0.1) is 18.5 Å². The molecule has 154 valence electrons. The van der Waals surface area contributed by atoms with Gasteiger partial charge < -0.3 is 9.84 Å². The first kappa shape index (κ1) is 20.1. The van der Waals surface area contributed by atoms with Crippen LogP contribution in [0.25, 0.3) is 10.8 Å². The topological polar surface area (TPSA) is 79.1 Å². The number of nitrogens with one attached hydrogen (secondary N) is 1. The van der Waals surface area contributed by atoms with Crippen LogP contribution in [0.2, 0.25) is 0 Å². The third-order valence-electron chi connectivity index (χ3n) is 4.61. The molecule has 6 nitrogen and oxygen atoms in total. The fourth-order valence-corrected chi connectivity index (χ4v) is 3.13. The molecule has 1 aromatic heterocycles. The largest absolute Gasteiger partial charge is 0.507 e. The van der Waals surface area contributed by atoms with Crippen molar-refractivity contribution in [2.75, 3.05) is 6.61 Å². The lowest BCUT2D eigenvalue weighted by molar-refractivity contribution is 0.340. The van der Waals surface area contributed by atoms with Gasteiger partial charge in [0.1, 0.15) is 17.2 Å². The molecule has 0 atom stereocenters. The van der Waals surface area contributed by atoms with Gasteiger partial charge in [0, 0.05) is 11.8 Å². The van der Waals surface area contributed by atoms with Crippen molar-refractivity contribution in [2.45, 2.75) is 6.92 Å². The van der Waals surface area contributed by atoms with Gasteiger partial charge in [-0.15, -0.1) is 0 Å². The Morgan fingerprint density at radius 2 is 1.81 bits per heavy atom. The SMILES string of the molecule is CCOc1ccc(N=C(NN=Cc2c(O)ccc3ccccc23)c2ccccn2)cc1. The van der Waals surface area contributed by atoms with Crippen molar-refractivity contribution < 1.29 is 9.84 Å². The summed E-state index contributed by atoms with van der Waals surface area (Å²) in [7, 11) is 0. The molecule has 31 heavy (non-hydrogen) atoms.